The lowest BCUT2D eigenvalue weighted by molar-refractivity contribution is 0.314. The fraction of sp³-hybridized carbons (Fsp3) is 0.222. The number of nitrogens with zero attached hydrogens (tertiary/aromatic N) is 1. The molecule has 0 saturated heterocycles. The molecule has 1 heterocycles. The average Bonchev–Trinajstić information content (AvgIpc) is 2.60. The first-order valence-electron chi connectivity index (χ1n) is 4.18. The number of benzene rings is 1. The molecule has 0 bridgehead atoms. The normalized spacial score (nSPS) is 19.9. The van der Waals surface area contributed by atoms with Gasteiger partial charge in [-0.2, -0.15) is 0 Å². The maximum atomic E-state index is 12.9. The van der Waals surface area contributed by atoms with E-state index in [-0.39, 0.29) is 18.2 Å². The van der Waals surface area contributed by atoms with Crippen molar-refractivity contribution in [1.82, 2.24) is 0 Å². The average molecular weight is 216 g/mol. The summed E-state index contributed by atoms with van der Waals surface area (Å²) >= 11 is 0. The zero-order chi connectivity index (χ0) is 11.0. The minimum Gasteiger partial charge on any atom is -0.463 e. The van der Waals surface area contributed by atoms with Gasteiger partial charge in [-0.25, -0.2) is 18.2 Å². The Bertz CT molecular complexity index is 410. The topological polar surface area (TPSA) is 47.6 Å². The molecule has 0 fully saturated rings. The van der Waals surface area contributed by atoms with Gasteiger partial charge in [-0.1, -0.05) is 0 Å². The summed E-state index contributed by atoms with van der Waals surface area (Å²) in [6, 6.07) is 1.16. The molecule has 0 unspecified atom stereocenters. The van der Waals surface area contributed by atoms with E-state index in [1.165, 1.54) is 0 Å². The van der Waals surface area contributed by atoms with Gasteiger partial charge in [0.2, 0.25) is 0 Å². The standard InChI is InChI=1S/C9H7F3N2O/c10-5-1-4(2-6(11)8(5)12)7-3-15-9(13)14-7/h1-2,7H,3H2,(H2,13,14)/t7-/m1/s1. The molecule has 3 nitrogen and oxygen atoms in total. The second-order valence-corrected chi connectivity index (χ2v) is 3.09. The Hall–Kier alpha value is -1.72. The first-order chi connectivity index (χ1) is 7.08. The fourth-order valence-corrected chi connectivity index (χ4v) is 1.33. The van der Waals surface area contributed by atoms with Crippen LogP contribution < -0.4 is 5.73 Å². The zero-order valence-corrected chi connectivity index (χ0v) is 7.51. The molecule has 1 atom stereocenters. The molecule has 0 aliphatic carbocycles. The van der Waals surface area contributed by atoms with Crippen molar-refractivity contribution < 1.29 is 17.9 Å². The quantitative estimate of drug-likeness (QED) is 0.723. The zero-order valence-electron chi connectivity index (χ0n) is 7.51. The summed E-state index contributed by atoms with van der Waals surface area (Å²) in [7, 11) is 0. The number of amidine groups is 1. The molecule has 0 spiro atoms. The van der Waals surface area contributed by atoms with Gasteiger partial charge in [0.25, 0.3) is 6.02 Å². The summed E-state index contributed by atoms with van der Waals surface area (Å²) in [5, 5.41) is 0. The van der Waals surface area contributed by atoms with E-state index >= 15 is 0 Å². The molecule has 0 saturated carbocycles. The predicted molar refractivity (Wildman–Crippen MR) is 46.6 cm³/mol. The van der Waals surface area contributed by atoms with Crippen molar-refractivity contribution in [3.05, 3.63) is 35.1 Å². The second-order valence-electron chi connectivity index (χ2n) is 3.09. The third-order valence-corrected chi connectivity index (χ3v) is 2.06. The number of aliphatic imine (C=N–C) groups is 1. The Morgan fingerprint density at radius 3 is 2.33 bits per heavy atom. The van der Waals surface area contributed by atoms with Gasteiger partial charge in [0.1, 0.15) is 12.6 Å². The van der Waals surface area contributed by atoms with Crippen LogP contribution in [-0.4, -0.2) is 12.6 Å². The smallest absolute Gasteiger partial charge is 0.282 e. The molecule has 1 aromatic carbocycles. The highest BCUT2D eigenvalue weighted by molar-refractivity contribution is 5.73. The molecule has 6 heteroatoms. The summed E-state index contributed by atoms with van der Waals surface area (Å²) < 4.78 is 43.2. The van der Waals surface area contributed by atoms with Gasteiger partial charge in [0.05, 0.1) is 0 Å². The molecule has 1 aromatic rings. The molecule has 2 rings (SSSR count). The van der Waals surface area contributed by atoms with Gasteiger partial charge in [0.15, 0.2) is 17.5 Å². The van der Waals surface area contributed by atoms with Gasteiger partial charge >= 0.3 is 0 Å². The lowest BCUT2D eigenvalue weighted by Crippen LogP contribution is -2.10. The Balaban J connectivity index is 2.38. The van der Waals surface area contributed by atoms with Crippen molar-refractivity contribution in [2.75, 3.05) is 6.61 Å². The molecule has 15 heavy (non-hydrogen) atoms. The number of hydrogen-bond donors (Lipinski definition) is 1. The third-order valence-electron chi connectivity index (χ3n) is 2.06. The molecular weight excluding hydrogens is 209 g/mol. The van der Waals surface area contributed by atoms with Crippen LogP contribution in [0, 0.1) is 17.5 Å². The summed E-state index contributed by atoms with van der Waals surface area (Å²) in [5.74, 6) is -3.98. The predicted octanol–water partition coefficient (Wildman–Crippen LogP) is 1.49. The van der Waals surface area contributed by atoms with Crippen LogP contribution in [-0.2, 0) is 4.74 Å². The Morgan fingerprint density at radius 1 is 1.27 bits per heavy atom. The van der Waals surface area contributed by atoms with Crippen molar-refractivity contribution in [3.8, 4) is 0 Å². The maximum absolute atomic E-state index is 12.9. The molecule has 80 valence electrons. The van der Waals surface area contributed by atoms with Crippen LogP contribution in [0.3, 0.4) is 0 Å². The van der Waals surface area contributed by atoms with Crippen molar-refractivity contribution in [2.24, 2.45) is 10.7 Å². The highest BCUT2D eigenvalue weighted by Gasteiger charge is 2.21. The Kier molecular flexibility index (Phi) is 2.26. The van der Waals surface area contributed by atoms with Crippen molar-refractivity contribution in [1.29, 1.82) is 0 Å². The highest BCUT2D eigenvalue weighted by atomic mass is 19.2. The third kappa shape index (κ3) is 1.74. The van der Waals surface area contributed by atoms with Gasteiger partial charge in [-0.05, 0) is 17.7 Å². The number of halogens is 3. The molecule has 0 amide bonds. The van der Waals surface area contributed by atoms with Crippen molar-refractivity contribution in [2.45, 2.75) is 6.04 Å². The van der Waals surface area contributed by atoms with E-state index in [4.69, 9.17) is 10.5 Å². The SMILES string of the molecule is NC1=N[C@@H](c2cc(F)c(F)c(F)c2)CO1. The molecule has 0 aromatic heterocycles. The van der Waals surface area contributed by atoms with E-state index in [0.29, 0.717) is 0 Å². The van der Waals surface area contributed by atoms with E-state index in [1.54, 1.807) is 0 Å². The van der Waals surface area contributed by atoms with Crippen LogP contribution in [0.2, 0.25) is 0 Å². The van der Waals surface area contributed by atoms with Crippen molar-refractivity contribution >= 4 is 6.02 Å². The first kappa shape index (κ1) is 9.82. The number of hydrogen-bond acceptors (Lipinski definition) is 3. The summed E-state index contributed by atoms with van der Waals surface area (Å²) in [6.07, 6.45) is 0. The molecule has 2 N–H and O–H groups in total. The van der Waals surface area contributed by atoms with E-state index in [2.05, 4.69) is 4.99 Å². The second kappa shape index (κ2) is 3.45. The minimum absolute atomic E-state index is 0.0369. The number of rotatable bonds is 1. The Labute approximate surface area is 83.4 Å². The number of ether oxygens (including phenoxy) is 1. The van der Waals surface area contributed by atoms with E-state index < -0.39 is 23.5 Å². The van der Waals surface area contributed by atoms with Gasteiger partial charge in [0, 0.05) is 0 Å². The van der Waals surface area contributed by atoms with Gasteiger partial charge in [-0.15, -0.1) is 0 Å². The fourth-order valence-electron chi connectivity index (χ4n) is 1.33. The molecule has 1 aliphatic heterocycles. The minimum atomic E-state index is -1.49. The van der Waals surface area contributed by atoms with Crippen LogP contribution in [0.1, 0.15) is 11.6 Å². The highest BCUT2D eigenvalue weighted by Crippen LogP contribution is 2.24. The lowest BCUT2D eigenvalue weighted by atomic mass is 10.1. The van der Waals surface area contributed by atoms with E-state index in [9.17, 15) is 13.2 Å². The lowest BCUT2D eigenvalue weighted by Gasteiger charge is -2.06. The van der Waals surface area contributed by atoms with Crippen LogP contribution >= 0.6 is 0 Å². The van der Waals surface area contributed by atoms with Crippen LogP contribution in [0.4, 0.5) is 13.2 Å². The summed E-state index contributed by atoms with van der Waals surface area (Å²) in [4.78, 5) is 3.79. The van der Waals surface area contributed by atoms with Gasteiger partial charge in [-0.3, -0.25) is 0 Å². The first-order valence-corrected chi connectivity index (χ1v) is 4.18. The van der Waals surface area contributed by atoms with Crippen LogP contribution in [0.5, 0.6) is 0 Å². The molecule has 0 radical (unpaired) electrons. The van der Waals surface area contributed by atoms with Gasteiger partial charge < -0.3 is 10.5 Å². The Morgan fingerprint density at radius 2 is 1.87 bits per heavy atom. The van der Waals surface area contributed by atoms with E-state index in [0.717, 1.165) is 12.1 Å². The number of nitrogens with two attached hydrogens (primary N) is 1. The van der Waals surface area contributed by atoms with Crippen molar-refractivity contribution in [3.63, 3.8) is 0 Å². The maximum Gasteiger partial charge on any atom is 0.282 e. The largest absolute Gasteiger partial charge is 0.463 e. The monoisotopic (exact) mass is 216 g/mol. The summed E-state index contributed by atoms with van der Waals surface area (Å²) in [6.45, 7) is 0.107. The van der Waals surface area contributed by atoms with Crippen LogP contribution in [0.25, 0.3) is 0 Å². The van der Waals surface area contributed by atoms with Crippen LogP contribution in [0.15, 0.2) is 17.1 Å². The molecule has 1 aliphatic rings. The molecular formula is C9H7F3N2O. The van der Waals surface area contributed by atoms with E-state index in [1.807, 2.05) is 0 Å². The summed E-state index contributed by atoms with van der Waals surface area (Å²) in [5.41, 5.74) is 5.44.